The Balaban J connectivity index is 2.10. The van der Waals surface area contributed by atoms with E-state index in [-0.39, 0.29) is 12.1 Å². The molecule has 3 nitrogen and oxygen atoms in total. The van der Waals surface area contributed by atoms with E-state index in [2.05, 4.69) is 18.3 Å². The number of nitrogens with zero attached hydrogens (tertiary/aromatic N) is 1. The zero-order chi connectivity index (χ0) is 12.3. The molecule has 1 aliphatic rings. The number of hydrogen-bond donors (Lipinski definition) is 1. The van der Waals surface area contributed by atoms with Crippen molar-refractivity contribution in [2.75, 3.05) is 11.9 Å². The van der Waals surface area contributed by atoms with Crippen LogP contribution in [-0.2, 0) is 4.74 Å². The van der Waals surface area contributed by atoms with Gasteiger partial charge in [0.15, 0.2) is 0 Å². The van der Waals surface area contributed by atoms with Crippen molar-refractivity contribution in [3.8, 4) is 6.07 Å². The molecule has 0 bridgehead atoms. The van der Waals surface area contributed by atoms with E-state index in [4.69, 9.17) is 21.6 Å². The fourth-order valence-electron chi connectivity index (χ4n) is 2.07. The van der Waals surface area contributed by atoms with Crippen LogP contribution in [0.4, 0.5) is 5.69 Å². The van der Waals surface area contributed by atoms with Gasteiger partial charge in [-0.25, -0.2) is 0 Å². The van der Waals surface area contributed by atoms with Crippen LogP contribution < -0.4 is 5.32 Å². The topological polar surface area (TPSA) is 45.0 Å². The molecule has 1 aromatic carbocycles. The number of benzene rings is 1. The van der Waals surface area contributed by atoms with Crippen molar-refractivity contribution in [3.63, 3.8) is 0 Å². The van der Waals surface area contributed by atoms with Crippen LogP contribution in [0.5, 0.6) is 0 Å². The fraction of sp³-hybridized carbons (Fsp3) is 0.462. The number of hydrogen-bond acceptors (Lipinski definition) is 3. The summed E-state index contributed by atoms with van der Waals surface area (Å²) in [5.74, 6) is 0. The quantitative estimate of drug-likeness (QED) is 0.896. The minimum Gasteiger partial charge on any atom is -0.379 e. The molecule has 0 spiro atoms. The van der Waals surface area contributed by atoms with Crippen LogP contribution in [0.15, 0.2) is 18.2 Å². The Labute approximate surface area is 106 Å². The molecule has 0 aromatic heterocycles. The third-order valence-corrected chi connectivity index (χ3v) is 3.24. The van der Waals surface area contributed by atoms with E-state index in [1.165, 1.54) is 0 Å². The molecule has 0 amide bonds. The van der Waals surface area contributed by atoms with Crippen LogP contribution in [-0.4, -0.2) is 18.8 Å². The number of nitrogens with one attached hydrogen (secondary N) is 1. The van der Waals surface area contributed by atoms with Crippen LogP contribution in [0, 0.1) is 11.3 Å². The Kier molecular flexibility index (Phi) is 3.88. The first-order valence-electron chi connectivity index (χ1n) is 5.78. The average Bonchev–Trinajstić information content (AvgIpc) is 2.85. The van der Waals surface area contributed by atoms with Gasteiger partial charge in [-0.3, -0.25) is 0 Å². The first-order chi connectivity index (χ1) is 8.20. The lowest BCUT2D eigenvalue weighted by atomic mass is 10.1. The molecule has 90 valence electrons. The van der Waals surface area contributed by atoms with E-state index in [9.17, 15) is 0 Å². The summed E-state index contributed by atoms with van der Waals surface area (Å²) in [6.07, 6.45) is 2.42. The molecule has 1 heterocycles. The van der Waals surface area contributed by atoms with Gasteiger partial charge in [-0.05, 0) is 38.0 Å². The van der Waals surface area contributed by atoms with Crippen molar-refractivity contribution < 1.29 is 4.74 Å². The SMILES string of the molecule is CC(Nc1ccc(Cl)cc1C#N)C1CCCO1. The first-order valence-corrected chi connectivity index (χ1v) is 6.16. The predicted molar refractivity (Wildman–Crippen MR) is 68.2 cm³/mol. The van der Waals surface area contributed by atoms with Crippen LogP contribution in [0.1, 0.15) is 25.3 Å². The maximum absolute atomic E-state index is 9.04. The van der Waals surface area contributed by atoms with Crippen molar-refractivity contribution in [2.24, 2.45) is 0 Å². The van der Waals surface area contributed by atoms with Gasteiger partial charge in [0.1, 0.15) is 6.07 Å². The highest BCUT2D eigenvalue weighted by atomic mass is 35.5. The molecular formula is C13H15ClN2O. The van der Waals surface area contributed by atoms with E-state index >= 15 is 0 Å². The number of ether oxygens (including phenoxy) is 1. The molecule has 1 saturated heterocycles. The molecule has 4 heteroatoms. The first kappa shape index (κ1) is 12.2. The number of rotatable bonds is 3. The van der Waals surface area contributed by atoms with Crippen molar-refractivity contribution in [1.82, 2.24) is 0 Å². The van der Waals surface area contributed by atoms with Gasteiger partial charge in [-0.15, -0.1) is 0 Å². The molecule has 2 atom stereocenters. The summed E-state index contributed by atoms with van der Waals surface area (Å²) < 4.78 is 5.61. The maximum atomic E-state index is 9.04. The van der Waals surface area contributed by atoms with Crippen molar-refractivity contribution >= 4 is 17.3 Å². The summed E-state index contributed by atoms with van der Waals surface area (Å²) in [5.41, 5.74) is 1.39. The van der Waals surface area contributed by atoms with Gasteiger partial charge in [0, 0.05) is 17.7 Å². The molecule has 0 radical (unpaired) electrons. The largest absolute Gasteiger partial charge is 0.379 e. The second kappa shape index (κ2) is 5.39. The van der Waals surface area contributed by atoms with E-state index in [0.717, 1.165) is 25.1 Å². The van der Waals surface area contributed by atoms with Crippen molar-refractivity contribution in [2.45, 2.75) is 31.9 Å². The lowest BCUT2D eigenvalue weighted by Gasteiger charge is -2.21. The second-order valence-corrected chi connectivity index (χ2v) is 4.72. The van der Waals surface area contributed by atoms with Crippen LogP contribution in [0.2, 0.25) is 5.02 Å². The zero-order valence-electron chi connectivity index (χ0n) is 9.74. The van der Waals surface area contributed by atoms with Gasteiger partial charge in [-0.2, -0.15) is 5.26 Å². The predicted octanol–water partition coefficient (Wildman–Crippen LogP) is 3.19. The molecule has 1 N–H and O–H groups in total. The van der Waals surface area contributed by atoms with Crippen LogP contribution >= 0.6 is 11.6 Å². The third kappa shape index (κ3) is 2.91. The highest BCUT2D eigenvalue weighted by Gasteiger charge is 2.22. The summed E-state index contributed by atoms with van der Waals surface area (Å²) in [7, 11) is 0. The normalized spacial score (nSPS) is 20.9. The number of nitriles is 1. The minimum absolute atomic E-state index is 0.200. The highest BCUT2D eigenvalue weighted by Crippen LogP contribution is 2.23. The monoisotopic (exact) mass is 250 g/mol. The highest BCUT2D eigenvalue weighted by molar-refractivity contribution is 6.30. The van der Waals surface area contributed by atoms with Crippen molar-refractivity contribution in [3.05, 3.63) is 28.8 Å². The summed E-state index contributed by atoms with van der Waals surface area (Å²) in [6.45, 7) is 2.91. The number of anilines is 1. The summed E-state index contributed by atoms with van der Waals surface area (Å²) in [4.78, 5) is 0. The summed E-state index contributed by atoms with van der Waals surface area (Å²) in [6, 6.07) is 7.64. The van der Waals surface area contributed by atoms with Crippen molar-refractivity contribution in [1.29, 1.82) is 5.26 Å². The maximum Gasteiger partial charge on any atom is 0.101 e. The Hall–Kier alpha value is -1.24. The molecule has 2 rings (SSSR count). The standard InChI is InChI=1S/C13H15ClN2O/c1-9(13-3-2-6-17-13)16-12-5-4-11(14)7-10(12)8-15/h4-5,7,9,13,16H,2-3,6H2,1H3. The molecule has 17 heavy (non-hydrogen) atoms. The van der Waals surface area contributed by atoms with E-state index in [1.807, 2.05) is 6.07 Å². The Bertz CT molecular complexity index is 436. The summed E-state index contributed by atoms with van der Waals surface area (Å²) in [5, 5.41) is 12.9. The Morgan fingerprint density at radius 2 is 2.41 bits per heavy atom. The van der Waals surface area contributed by atoms with Gasteiger partial charge >= 0.3 is 0 Å². The lowest BCUT2D eigenvalue weighted by molar-refractivity contribution is 0.0996. The van der Waals surface area contributed by atoms with E-state index in [0.29, 0.717) is 10.6 Å². The van der Waals surface area contributed by atoms with Gasteiger partial charge in [-0.1, -0.05) is 11.6 Å². The molecular weight excluding hydrogens is 236 g/mol. The Morgan fingerprint density at radius 3 is 3.06 bits per heavy atom. The summed E-state index contributed by atoms with van der Waals surface area (Å²) >= 11 is 5.86. The van der Waals surface area contributed by atoms with Gasteiger partial charge in [0.05, 0.1) is 17.4 Å². The lowest BCUT2D eigenvalue weighted by Crippen LogP contribution is -2.30. The number of halogens is 1. The van der Waals surface area contributed by atoms with Crippen LogP contribution in [0.3, 0.4) is 0 Å². The van der Waals surface area contributed by atoms with Gasteiger partial charge in [0.25, 0.3) is 0 Å². The Morgan fingerprint density at radius 1 is 1.59 bits per heavy atom. The van der Waals surface area contributed by atoms with E-state index in [1.54, 1.807) is 12.1 Å². The van der Waals surface area contributed by atoms with Crippen LogP contribution in [0.25, 0.3) is 0 Å². The zero-order valence-corrected chi connectivity index (χ0v) is 10.5. The minimum atomic E-state index is 0.200. The molecule has 0 aliphatic carbocycles. The molecule has 1 aromatic rings. The smallest absolute Gasteiger partial charge is 0.101 e. The fourth-order valence-corrected chi connectivity index (χ4v) is 2.24. The van der Waals surface area contributed by atoms with Gasteiger partial charge in [0.2, 0.25) is 0 Å². The molecule has 1 aliphatic heterocycles. The average molecular weight is 251 g/mol. The molecule has 2 unspecified atom stereocenters. The second-order valence-electron chi connectivity index (χ2n) is 4.29. The molecule has 1 fully saturated rings. The third-order valence-electron chi connectivity index (χ3n) is 3.01. The van der Waals surface area contributed by atoms with E-state index < -0.39 is 0 Å². The molecule has 0 saturated carbocycles. The van der Waals surface area contributed by atoms with Gasteiger partial charge < -0.3 is 10.1 Å².